The van der Waals surface area contributed by atoms with Crippen molar-refractivity contribution >= 4 is 17.2 Å². The van der Waals surface area contributed by atoms with E-state index in [1.165, 1.54) is 6.07 Å². The fourth-order valence-electron chi connectivity index (χ4n) is 4.25. The Hall–Kier alpha value is -4.08. The lowest BCUT2D eigenvalue weighted by atomic mass is 9.96. The van der Waals surface area contributed by atoms with Crippen LogP contribution in [-0.4, -0.2) is 53.3 Å². The van der Waals surface area contributed by atoms with Crippen LogP contribution in [0.5, 0.6) is 0 Å². The van der Waals surface area contributed by atoms with Crippen LogP contribution in [0.25, 0.3) is 0 Å². The van der Waals surface area contributed by atoms with Crippen molar-refractivity contribution in [3.63, 3.8) is 0 Å². The summed E-state index contributed by atoms with van der Waals surface area (Å²) in [4.78, 5) is 29.6. The monoisotopic (exact) mass is 460 g/mol. The normalized spacial score (nSPS) is 17.4. The number of hydrogen-bond acceptors (Lipinski definition) is 6. The quantitative estimate of drug-likeness (QED) is 0.473. The molecule has 0 saturated heterocycles. The number of nitrogens with one attached hydrogen (secondary N) is 1. The number of ketones is 1. The van der Waals surface area contributed by atoms with Gasteiger partial charge in [0.2, 0.25) is 18.0 Å². The number of nitrogens with zero attached hydrogens (tertiary/aromatic N) is 6. The van der Waals surface area contributed by atoms with Gasteiger partial charge >= 0.3 is 0 Å². The lowest BCUT2D eigenvalue weighted by Crippen LogP contribution is -2.38. The number of halogens is 1. The fraction of sp³-hybridized carbons (Fsp3) is 0.292. The van der Waals surface area contributed by atoms with Gasteiger partial charge in [0.25, 0.3) is 5.56 Å². The number of carbonyl (C=O) groups is 1. The molecule has 2 aromatic heterocycles. The first kappa shape index (κ1) is 21.7. The maximum absolute atomic E-state index is 14.8. The second-order valence-electron chi connectivity index (χ2n) is 8.44. The topological polar surface area (TPSA) is 109 Å². The minimum Gasteiger partial charge on any atom is -0.306 e. The summed E-state index contributed by atoms with van der Waals surface area (Å²) in [6.45, 7) is 5.44. The third-order valence-electron chi connectivity index (χ3n) is 6.40. The Kier molecular flexibility index (Phi) is 5.56. The number of fused-ring (bicyclic) bond motifs is 1. The van der Waals surface area contributed by atoms with Gasteiger partial charge in [-0.15, -0.1) is 10.2 Å². The van der Waals surface area contributed by atoms with E-state index in [1.807, 2.05) is 17.6 Å². The van der Waals surface area contributed by atoms with E-state index in [0.29, 0.717) is 49.3 Å². The summed E-state index contributed by atoms with van der Waals surface area (Å²) in [5, 5.41) is 14.7. The number of carbonyl (C=O) groups excluding carboxylic acids is 1. The standard InChI is InChI=1S/C24H22FN7O2/c1-14-15(2)24(34)30-28-19(14)11-16-5-6-18(25)17(10-16)23(33)22-20(4-3-7-26-22)31-8-9-32-13-27-29-21(32)12-31/h3,5-7,10,13H,4,8-9,11-12H2,1-2H3/p+1. The van der Waals surface area contributed by atoms with Gasteiger partial charge in [-0.3, -0.25) is 9.59 Å². The first-order chi connectivity index (χ1) is 16.4. The van der Waals surface area contributed by atoms with Crippen LogP contribution in [0.3, 0.4) is 0 Å². The summed E-state index contributed by atoms with van der Waals surface area (Å²) in [7, 11) is 0. The Bertz CT molecular complexity index is 1460. The number of benzene rings is 1. The van der Waals surface area contributed by atoms with Crippen molar-refractivity contribution in [1.82, 2.24) is 25.0 Å². The molecule has 0 unspecified atom stereocenters. The van der Waals surface area contributed by atoms with E-state index in [1.54, 1.807) is 31.6 Å². The van der Waals surface area contributed by atoms with Crippen molar-refractivity contribution < 1.29 is 13.8 Å². The van der Waals surface area contributed by atoms with E-state index in [4.69, 9.17) is 0 Å². The average molecular weight is 460 g/mol. The van der Waals surface area contributed by atoms with E-state index < -0.39 is 11.6 Å². The first-order valence-corrected chi connectivity index (χ1v) is 11.0. The molecule has 34 heavy (non-hydrogen) atoms. The molecule has 2 aliphatic rings. The molecule has 4 heterocycles. The minimum absolute atomic E-state index is 0.0389. The Morgan fingerprint density at radius 1 is 1.26 bits per heavy atom. The zero-order chi connectivity index (χ0) is 23.8. The van der Waals surface area contributed by atoms with Crippen LogP contribution in [0, 0.1) is 19.7 Å². The molecule has 0 spiro atoms. The highest BCUT2D eigenvalue weighted by atomic mass is 19.1. The van der Waals surface area contributed by atoms with Crippen molar-refractivity contribution in [3.8, 4) is 0 Å². The summed E-state index contributed by atoms with van der Waals surface area (Å²) in [6, 6.07) is 4.46. The molecule has 0 aliphatic carbocycles. The molecule has 0 bridgehead atoms. The zero-order valence-corrected chi connectivity index (χ0v) is 18.9. The van der Waals surface area contributed by atoms with Crippen LogP contribution in [0.15, 0.2) is 46.6 Å². The predicted octanol–water partition coefficient (Wildman–Crippen LogP) is 1.92. The number of aromatic amines is 1. The second-order valence-corrected chi connectivity index (χ2v) is 8.44. The van der Waals surface area contributed by atoms with Gasteiger partial charge in [-0.2, -0.15) is 5.10 Å². The molecule has 0 saturated carbocycles. The summed E-state index contributed by atoms with van der Waals surface area (Å²) >= 11 is 0. The van der Waals surface area contributed by atoms with Crippen molar-refractivity contribution in [2.45, 2.75) is 39.8 Å². The molecule has 1 aromatic carbocycles. The molecular formula is C24H23FN7O2+. The molecule has 2 aliphatic heterocycles. The van der Waals surface area contributed by atoms with E-state index >= 15 is 0 Å². The number of hydrogen-bond donors (Lipinski definition) is 1. The van der Waals surface area contributed by atoms with Gasteiger partial charge in [-0.1, -0.05) is 12.1 Å². The molecule has 172 valence electrons. The molecule has 0 amide bonds. The van der Waals surface area contributed by atoms with Crippen molar-refractivity contribution in [1.29, 1.82) is 0 Å². The average Bonchev–Trinajstić information content (AvgIpc) is 3.33. The largest absolute Gasteiger partial charge is 0.306 e. The summed E-state index contributed by atoms with van der Waals surface area (Å²) in [6.07, 6.45) is 6.04. The van der Waals surface area contributed by atoms with E-state index in [2.05, 4.69) is 30.0 Å². The van der Waals surface area contributed by atoms with Crippen molar-refractivity contribution in [3.05, 3.63) is 86.7 Å². The first-order valence-electron chi connectivity index (χ1n) is 11.0. The second kappa shape index (κ2) is 8.69. The van der Waals surface area contributed by atoms with Crippen LogP contribution in [0.4, 0.5) is 4.39 Å². The number of aliphatic imine (C=N–C) groups is 1. The van der Waals surface area contributed by atoms with Gasteiger partial charge in [0.05, 0.1) is 24.2 Å². The molecule has 9 nitrogen and oxygen atoms in total. The van der Waals surface area contributed by atoms with Crippen LogP contribution < -0.4 is 5.56 Å². The summed E-state index contributed by atoms with van der Waals surface area (Å²) in [5.74, 6) is -0.258. The van der Waals surface area contributed by atoms with E-state index in [0.717, 1.165) is 17.1 Å². The molecule has 1 N–H and O–H groups in total. The molecule has 5 rings (SSSR count). The minimum atomic E-state index is -0.605. The lowest BCUT2D eigenvalue weighted by Gasteiger charge is -2.17. The Morgan fingerprint density at radius 2 is 2.12 bits per heavy atom. The smallest absolute Gasteiger partial charge is 0.267 e. The van der Waals surface area contributed by atoms with Crippen LogP contribution in [-0.2, 0) is 19.5 Å². The van der Waals surface area contributed by atoms with Crippen molar-refractivity contribution in [2.24, 2.45) is 4.99 Å². The number of Topliss-reactive ketones (excluding diaryl/α,β-unsaturated/α-hetero) is 1. The molecule has 10 heteroatoms. The van der Waals surface area contributed by atoms with Crippen LogP contribution in [0.2, 0.25) is 0 Å². The molecular weight excluding hydrogens is 437 g/mol. The highest BCUT2D eigenvalue weighted by Gasteiger charge is 2.32. The SMILES string of the molecule is Cc1c(Cc2ccc(F)c(C(=O)C3=NC=CCC3=[N+]3CCn4cnnc4C3)c2)n[nH]c(=O)c1C. The lowest BCUT2D eigenvalue weighted by molar-refractivity contribution is -0.552. The Balaban J connectivity index is 1.48. The van der Waals surface area contributed by atoms with Gasteiger partial charge in [-0.05, 0) is 37.1 Å². The van der Waals surface area contributed by atoms with E-state index in [-0.39, 0.29) is 16.8 Å². The fourth-order valence-corrected chi connectivity index (χ4v) is 4.25. The predicted molar refractivity (Wildman–Crippen MR) is 123 cm³/mol. The molecule has 0 fully saturated rings. The maximum atomic E-state index is 14.8. The molecule has 3 aromatic rings. The Labute approximate surface area is 194 Å². The number of aromatic nitrogens is 5. The van der Waals surface area contributed by atoms with Gasteiger partial charge in [0.15, 0.2) is 18.1 Å². The third kappa shape index (κ3) is 3.91. The summed E-state index contributed by atoms with van der Waals surface area (Å²) in [5.41, 5.74) is 3.46. The maximum Gasteiger partial charge on any atom is 0.267 e. The van der Waals surface area contributed by atoms with Gasteiger partial charge in [0.1, 0.15) is 12.1 Å². The van der Waals surface area contributed by atoms with Gasteiger partial charge in [0, 0.05) is 18.2 Å². The van der Waals surface area contributed by atoms with E-state index in [9.17, 15) is 14.0 Å². The highest BCUT2D eigenvalue weighted by molar-refractivity contribution is 6.69. The molecule has 0 radical (unpaired) electrons. The third-order valence-corrected chi connectivity index (χ3v) is 6.40. The number of rotatable bonds is 4. The number of allylic oxidation sites excluding steroid dienone is 1. The zero-order valence-electron chi connectivity index (χ0n) is 18.9. The van der Waals surface area contributed by atoms with Crippen LogP contribution in [0.1, 0.15) is 45.0 Å². The van der Waals surface area contributed by atoms with Crippen molar-refractivity contribution in [2.75, 3.05) is 6.54 Å². The van der Waals surface area contributed by atoms with Crippen LogP contribution >= 0.6 is 0 Å². The van der Waals surface area contributed by atoms with Gasteiger partial charge in [-0.25, -0.2) is 19.1 Å². The summed E-state index contributed by atoms with van der Waals surface area (Å²) < 4.78 is 18.9. The Morgan fingerprint density at radius 3 is 2.97 bits per heavy atom. The highest BCUT2D eigenvalue weighted by Crippen LogP contribution is 2.19. The number of H-pyrrole nitrogens is 1. The van der Waals surface area contributed by atoms with Gasteiger partial charge < -0.3 is 4.57 Å². The molecule has 0 atom stereocenters.